The van der Waals surface area contributed by atoms with Crippen LogP contribution in [0.25, 0.3) is 22.8 Å². The maximum absolute atomic E-state index is 13.4. The number of aromatic nitrogens is 2. The van der Waals surface area contributed by atoms with E-state index in [9.17, 15) is 17.2 Å². The predicted octanol–water partition coefficient (Wildman–Crippen LogP) is 4.48. The van der Waals surface area contributed by atoms with E-state index >= 15 is 0 Å². The second kappa shape index (κ2) is 7.44. The van der Waals surface area contributed by atoms with Crippen molar-refractivity contribution in [2.75, 3.05) is 4.72 Å². The molecule has 29 heavy (non-hydrogen) atoms. The predicted molar refractivity (Wildman–Crippen MR) is 102 cm³/mol. The highest BCUT2D eigenvalue weighted by atomic mass is 32.2. The summed E-state index contributed by atoms with van der Waals surface area (Å²) in [5, 5.41) is 3.77. The van der Waals surface area contributed by atoms with Crippen LogP contribution in [0.5, 0.6) is 0 Å². The molecule has 1 N–H and O–H groups in total. The number of nitrogens with zero attached hydrogens (tertiary/aromatic N) is 2. The van der Waals surface area contributed by atoms with Gasteiger partial charge in [-0.15, -0.1) is 0 Å². The first-order valence-corrected chi connectivity index (χ1v) is 9.88. The van der Waals surface area contributed by atoms with E-state index in [1.54, 1.807) is 36.4 Å². The molecule has 1 aromatic heterocycles. The lowest BCUT2D eigenvalue weighted by Gasteiger charge is -2.08. The highest BCUT2D eigenvalue weighted by Crippen LogP contribution is 2.26. The Labute approximate surface area is 164 Å². The number of benzene rings is 3. The van der Waals surface area contributed by atoms with E-state index in [1.165, 1.54) is 24.3 Å². The summed E-state index contributed by atoms with van der Waals surface area (Å²) >= 11 is 0. The third kappa shape index (κ3) is 3.99. The highest BCUT2D eigenvalue weighted by Gasteiger charge is 2.16. The number of hydrogen-bond donors (Lipinski definition) is 1. The quantitative estimate of drug-likeness (QED) is 0.521. The minimum absolute atomic E-state index is 0.0779. The molecule has 0 radical (unpaired) electrons. The summed E-state index contributed by atoms with van der Waals surface area (Å²) in [5.41, 5.74) is 1.01. The van der Waals surface area contributed by atoms with Crippen LogP contribution in [-0.2, 0) is 10.0 Å². The molecular formula is C20H13F2N3O3S. The molecule has 0 aliphatic heterocycles. The van der Waals surface area contributed by atoms with Crippen molar-refractivity contribution in [1.82, 2.24) is 10.1 Å². The normalized spacial score (nSPS) is 11.4. The van der Waals surface area contributed by atoms with Crippen LogP contribution in [0.15, 0.2) is 82.2 Å². The molecule has 0 saturated carbocycles. The first-order valence-electron chi connectivity index (χ1n) is 8.40. The molecule has 1 heterocycles. The number of halogens is 2. The van der Waals surface area contributed by atoms with Crippen LogP contribution in [0.3, 0.4) is 0 Å². The van der Waals surface area contributed by atoms with E-state index in [1.807, 2.05) is 0 Å². The molecule has 0 spiro atoms. The van der Waals surface area contributed by atoms with Gasteiger partial charge in [0.15, 0.2) is 11.6 Å². The minimum atomic E-state index is -3.75. The topological polar surface area (TPSA) is 85.1 Å². The number of anilines is 1. The van der Waals surface area contributed by atoms with Crippen LogP contribution in [0.1, 0.15) is 0 Å². The molecule has 9 heteroatoms. The number of rotatable bonds is 5. The van der Waals surface area contributed by atoms with Crippen LogP contribution in [0, 0.1) is 11.6 Å². The first-order chi connectivity index (χ1) is 13.9. The van der Waals surface area contributed by atoms with Crippen molar-refractivity contribution in [3.8, 4) is 22.8 Å². The van der Waals surface area contributed by atoms with Crippen molar-refractivity contribution in [3.63, 3.8) is 0 Å². The molecule has 146 valence electrons. The third-order valence-electron chi connectivity index (χ3n) is 4.02. The Balaban J connectivity index is 1.61. The fourth-order valence-corrected chi connectivity index (χ4v) is 3.69. The summed E-state index contributed by atoms with van der Waals surface area (Å²) in [5.74, 6) is -1.82. The molecule has 0 amide bonds. The number of nitrogens with one attached hydrogen (secondary N) is 1. The molecule has 0 aliphatic carbocycles. The zero-order valence-electron chi connectivity index (χ0n) is 14.7. The Kier molecular flexibility index (Phi) is 4.81. The van der Waals surface area contributed by atoms with Gasteiger partial charge in [0, 0.05) is 16.8 Å². The van der Waals surface area contributed by atoms with Crippen molar-refractivity contribution < 1.29 is 21.7 Å². The molecule has 0 aliphatic rings. The minimum Gasteiger partial charge on any atom is -0.334 e. The van der Waals surface area contributed by atoms with E-state index in [-0.39, 0.29) is 22.2 Å². The molecule has 0 saturated heterocycles. The lowest BCUT2D eigenvalue weighted by Crippen LogP contribution is -2.12. The maximum Gasteiger partial charge on any atom is 0.261 e. The molecule has 4 rings (SSSR count). The molecular weight excluding hydrogens is 400 g/mol. The van der Waals surface area contributed by atoms with Crippen molar-refractivity contribution in [3.05, 3.63) is 84.4 Å². The largest absolute Gasteiger partial charge is 0.334 e. The van der Waals surface area contributed by atoms with Gasteiger partial charge in [0.25, 0.3) is 15.9 Å². The standard InChI is InChI=1S/C20H13F2N3O3S/c21-17-10-9-13(12-18(17)22)19-23-20(28-24-19)14-5-4-6-15(11-14)25-29(26,27)16-7-2-1-3-8-16/h1-12,25H. The van der Waals surface area contributed by atoms with Crippen molar-refractivity contribution in [2.45, 2.75) is 4.90 Å². The monoisotopic (exact) mass is 413 g/mol. The number of sulfonamides is 1. The van der Waals surface area contributed by atoms with Gasteiger partial charge in [-0.1, -0.05) is 29.4 Å². The summed E-state index contributed by atoms with van der Waals surface area (Å²) in [4.78, 5) is 4.30. The van der Waals surface area contributed by atoms with Gasteiger partial charge in [0.2, 0.25) is 5.82 Å². The van der Waals surface area contributed by atoms with E-state index in [4.69, 9.17) is 4.52 Å². The fraction of sp³-hybridized carbons (Fsp3) is 0. The summed E-state index contributed by atoms with van der Waals surface area (Å²) in [7, 11) is -3.75. The SMILES string of the molecule is O=S(=O)(Nc1cccc(-c2nc(-c3ccc(F)c(F)c3)no2)c1)c1ccccc1. The molecule has 0 fully saturated rings. The average Bonchev–Trinajstić information content (AvgIpc) is 3.21. The Morgan fingerprint density at radius 3 is 2.38 bits per heavy atom. The van der Waals surface area contributed by atoms with Gasteiger partial charge >= 0.3 is 0 Å². The summed E-state index contributed by atoms with van der Waals surface area (Å²) in [6, 6.07) is 17.6. The molecule has 6 nitrogen and oxygen atoms in total. The summed E-state index contributed by atoms with van der Waals surface area (Å²) in [6.45, 7) is 0. The second-order valence-electron chi connectivity index (χ2n) is 6.05. The Morgan fingerprint density at radius 1 is 0.828 bits per heavy atom. The molecule has 0 bridgehead atoms. The third-order valence-corrected chi connectivity index (χ3v) is 5.42. The van der Waals surface area contributed by atoms with E-state index in [0.29, 0.717) is 11.3 Å². The second-order valence-corrected chi connectivity index (χ2v) is 7.73. The van der Waals surface area contributed by atoms with Crippen LogP contribution in [0.4, 0.5) is 14.5 Å². The Hall–Kier alpha value is -3.59. The van der Waals surface area contributed by atoms with Gasteiger partial charge in [0.05, 0.1) is 4.90 Å². The van der Waals surface area contributed by atoms with Gasteiger partial charge in [0.1, 0.15) is 0 Å². The number of hydrogen-bond acceptors (Lipinski definition) is 5. The molecule has 0 atom stereocenters. The van der Waals surface area contributed by atoms with Crippen molar-refractivity contribution >= 4 is 15.7 Å². The van der Waals surface area contributed by atoms with Gasteiger partial charge in [-0.2, -0.15) is 4.98 Å². The Bertz CT molecular complexity index is 1280. The Morgan fingerprint density at radius 2 is 1.62 bits per heavy atom. The average molecular weight is 413 g/mol. The van der Waals surface area contributed by atoms with Crippen LogP contribution in [-0.4, -0.2) is 18.6 Å². The van der Waals surface area contributed by atoms with Crippen molar-refractivity contribution in [1.29, 1.82) is 0 Å². The van der Waals surface area contributed by atoms with Gasteiger partial charge in [-0.05, 0) is 48.5 Å². The highest BCUT2D eigenvalue weighted by molar-refractivity contribution is 7.92. The maximum atomic E-state index is 13.4. The molecule has 4 aromatic rings. The smallest absolute Gasteiger partial charge is 0.261 e. The van der Waals surface area contributed by atoms with Crippen molar-refractivity contribution in [2.24, 2.45) is 0 Å². The zero-order chi connectivity index (χ0) is 20.4. The van der Waals surface area contributed by atoms with Crippen LogP contribution in [0.2, 0.25) is 0 Å². The molecule has 0 unspecified atom stereocenters. The van der Waals surface area contributed by atoms with E-state index < -0.39 is 21.7 Å². The van der Waals surface area contributed by atoms with Gasteiger partial charge in [-0.25, -0.2) is 17.2 Å². The lowest BCUT2D eigenvalue weighted by atomic mass is 10.2. The van der Waals surface area contributed by atoms with Crippen LogP contribution >= 0.6 is 0 Å². The van der Waals surface area contributed by atoms with E-state index in [0.717, 1.165) is 12.1 Å². The lowest BCUT2D eigenvalue weighted by molar-refractivity contribution is 0.432. The molecule has 3 aromatic carbocycles. The van der Waals surface area contributed by atoms with E-state index in [2.05, 4.69) is 14.9 Å². The van der Waals surface area contributed by atoms with Gasteiger partial charge in [-0.3, -0.25) is 4.72 Å². The fourth-order valence-electron chi connectivity index (χ4n) is 2.62. The summed E-state index contributed by atoms with van der Waals surface area (Å²) < 4.78 is 59.1. The summed E-state index contributed by atoms with van der Waals surface area (Å²) in [6.07, 6.45) is 0. The first kappa shape index (κ1) is 18.8. The van der Waals surface area contributed by atoms with Crippen LogP contribution < -0.4 is 4.72 Å². The van der Waals surface area contributed by atoms with Gasteiger partial charge < -0.3 is 4.52 Å². The zero-order valence-corrected chi connectivity index (χ0v) is 15.5.